The number of unbranched alkanes of at least 4 members (excludes halogenated alkanes) is 20. The number of nitrogens with zero attached hydrogens (tertiary/aromatic N) is 1. The quantitative estimate of drug-likeness (QED) is 0.0495. The fraction of sp³-hybridized carbons (Fsp3) is 0.957. The van der Waals surface area contributed by atoms with E-state index in [2.05, 4.69) is 25.7 Å². The molecule has 6 heteroatoms. The number of aliphatic hydroxyl groups excluding tert-OH is 1. The van der Waals surface area contributed by atoms with Crippen molar-refractivity contribution < 1.29 is 24.2 Å². The summed E-state index contributed by atoms with van der Waals surface area (Å²) in [7, 11) is 0. The van der Waals surface area contributed by atoms with E-state index < -0.39 is 0 Å². The van der Waals surface area contributed by atoms with Crippen molar-refractivity contribution in [2.45, 2.75) is 239 Å². The van der Waals surface area contributed by atoms with Crippen LogP contribution in [0.4, 0.5) is 0 Å². The van der Waals surface area contributed by atoms with Gasteiger partial charge < -0.3 is 19.5 Å². The average molecular weight is 750 g/mol. The first-order chi connectivity index (χ1) is 26.0. The lowest BCUT2D eigenvalue weighted by Gasteiger charge is -2.25. The van der Waals surface area contributed by atoms with Crippen molar-refractivity contribution in [1.29, 1.82) is 0 Å². The summed E-state index contributed by atoms with van der Waals surface area (Å²) in [5.74, 6) is 0.542. The van der Waals surface area contributed by atoms with E-state index in [9.17, 15) is 14.7 Å². The number of carbonyl (C=O) groups excluding carboxylic acids is 2. The molecule has 0 heterocycles. The molecule has 1 aliphatic carbocycles. The molecule has 1 aliphatic rings. The van der Waals surface area contributed by atoms with Crippen LogP contribution >= 0.6 is 0 Å². The number of aliphatic hydroxyl groups is 1. The molecule has 314 valence electrons. The van der Waals surface area contributed by atoms with E-state index in [-0.39, 0.29) is 18.5 Å². The van der Waals surface area contributed by atoms with Crippen LogP contribution in [0, 0.1) is 11.3 Å². The zero-order chi connectivity index (χ0) is 38.5. The minimum atomic E-state index is -0.00780. The van der Waals surface area contributed by atoms with Gasteiger partial charge in [0.25, 0.3) is 0 Å². The smallest absolute Gasteiger partial charge is 0.305 e. The van der Waals surface area contributed by atoms with Gasteiger partial charge in [-0.15, -0.1) is 0 Å². The second-order valence-electron chi connectivity index (χ2n) is 17.0. The monoisotopic (exact) mass is 750 g/mol. The van der Waals surface area contributed by atoms with Gasteiger partial charge in [-0.3, -0.25) is 9.59 Å². The minimum absolute atomic E-state index is 0.00780. The van der Waals surface area contributed by atoms with Crippen LogP contribution in [0.5, 0.6) is 0 Å². The molecule has 0 aliphatic heterocycles. The summed E-state index contributed by atoms with van der Waals surface area (Å²) < 4.78 is 11.4. The molecule has 0 atom stereocenters. The van der Waals surface area contributed by atoms with Gasteiger partial charge in [0.05, 0.1) is 13.2 Å². The van der Waals surface area contributed by atoms with E-state index in [0.717, 1.165) is 71.0 Å². The van der Waals surface area contributed by atoms with E-state index in [1.807, 2.05) is 0 Å². The molecular weight excluding hydrogens is 659 g/mol. The maximum atomic E-state index is 12.6. The van der Waals surface area contributed by atoms with Crippen LogP contribution in [0.2, 0.25) is 0 Å². The second kappa shape index (κ2) is 36.5. The molecule has 1 rings (SSSR count). The number of carbonyl (C=O) groups is 2. The third-order valence-corrected chi connectivity index (χ3v) is 11.9. The van der Waals surface area contributed by atoms with Crippen molar-refractivity contribution in [2.24, 2.45) is 11.3 Å². The first-order valence-corrected chi connectivity index (χ1v) is 23.6. The van der Waals surface area contributed by atoms with E-state index in [0.29, 0.717) is 37.4 Å². The zero-order valence-electron chi connectivity index (χ0n) is 35.9. The molecule has 1 N–H and O–H groups in total. The topological polar surface area (TPSA) is 76.1 Å². The Morgan fingerprint density at radius 3 is 1.53 bits per heavy atom. The molecule has 0 radical (unpaired) electrons. The van der Waals surface area contributed by atoms with Crippen molar-refractivity contribution in [1.82, 2.24) is 4.90 Å². The van der Waals surface area contributed by atoms with E-state index in [1.165, 1.54) is 154 Å². The standard InChI is InChI=1S/C47H91NO5/c1-4-7-10-13-14-18-23-32-45(50)52-42-29-25-34-47(35-36-47)37-40-48(39-27-28-41-49)38-26-20-15-19-24-33-46(51)53-43-44(30-21-16-11-8-5-2)31-22-17-12-9-6-3/h44,49H,4-43H2,1-3H3. The van der Waals surface area contributed by atoms with Gasteiger partial charge in [0.1, 0.15) is 0 Å². The van der Waals surface area contributed by atoms with Crippen LogP contribution in [0.3, 0.4) is 0 Å². The van der Waals surface area contributed by atoms with Crippen molar-refractivity contribution in [3.63, 3.8) is 0 Å². The molecule has 53 heavy (non-hydrogen) atoms. The predicted molar refractivity (Wildman–Crippen MR) is 225 cm³/mol. The highest BCUT2D eigenvalue weighted by atomic mass is 16.5. The number of hydrogen-bond acceptors (Lipinski definition) is 6. The van der Waals surface area contributed by atoms with Crippen LogP contribution in [-0.4, -0.2) is 61.4 Å². The SMILES string of the molecule is CCCCCCCCCC(=O)OCCCCC1(CCN(CCCCO)CCCCCCCC(=O)OCC(CCCCCCC)CCCCCCC)CC1. The third kappa shape index (κ3) is 31.7. The Morgan fingerprint density at radius 1 is 0.528 bits per heavy atom. The Labute approximate surface area is 330 Å². The van der Waals surface area contributed by atoms with Gasteiger partial charge in [-0.2, -0.15) is 0 Å². The highest BCUT2D eigenvalue weighted by molar-refractivity contribution is 5.69. The number of rotatable bonds is 42. The molecule has 1 fully saturated rings. The van der Waals surface area contributed by atoms with Gasteiger partial charge in [-0.1, -0.05) is 143 Å². The molecule has 0 bridgehead atoms. The summed E-state index contributed by atoms with van der Waals surface area (Å²) in [5.41, 5.74) is 0.509. The van der Waals surface area contributed by atoms with Gasteiger partial charge >= 0.3 is 11.9 Å². The van der Waals surface area contributed by atoms with Gasteiger partial charge in [0.2, 0.25) is 0 Å². The maximum absolute atomic E-state index is 12.6. The summed E-state index contributed by atoms with van der Waals surface area (Å²) in [6, 6.07) is 0. The van der Waals surface area contributed by atoms with Crippen LogP contribution in [0.1, 0.15) is 239 Å². The first kappa shape index (κ1) is 49.9. The van der Waals surface area contributed by atoms with E-state index in [4.69, 9.17) is 9.47 Å². The van der Waals surface area contributed by atoms with Gasteiger partial charge in [0.15, 0.2) is 0 Å². The molecule has 0 aromatic heterocycles. The highest BCUT2D eigenvalue weighted by Crippen LogP contribution is 2.52. The second-order valence-corrected chi connectivity index (χ2v) is 17.0. The van der Waals surface area contributed by atoms with Crippen LogP contribution in [0.25, 0.3) is 0 Å². The van der Waals surface area contributed by atoms with Gasteiger partial charge in [-0.25, -0.2) is 0 Å². The fourth-order valence-corrected chi connectivity index (χ4v) is 7.87. The van der Waals surface area contributed by atoms with Gasteiger partial charge in [-0.05, 0) is 114 Å². The zero-order valence-corrected chi connectivity index (χ0v) is 35.9. The Kier molecular flexibility index (Phi) is 34.3. The molecule has 1 saturated carbocycles. The Bertz CT molecular complexity index is 801. The summed E-state index contributed by atoms with van der Waals surface area (Å²) in [5, 5.41) is 9.35. The van der Waals surface area contributed by atoms with Crippen molar-refractivity contribution in [3.8, 4) is 0 Å². The highest BCUT2D eigenvalue weighted by Gasteiger charge is 2.41. The van der Waals surface area contributed by atoms with Crippen LogP contribution in [-0.2, 0) is 19.1 Å². The lowest BCUT2D eigenvalue weighted by Crippen LogP contribution is -2.29. The maximum Gasteiger partial charge on any atom is 0.305 e. The third-order valence-electron chi connectivity index (χ3n) is 11.9. The van der Waals surface area contributed by atoms with Crippen molar-refractivity contribution in [3.05, 3.63) is 0 Å². The van der Waals surface area contributed by atoms with E-state index >= 15 is 0 Å². The van der Waals surface area contributed by atoms with Gasteiger partial charge in [0, 0.05) is 19.4 Å². The van der Waals surface area contributed by atoms with Crippen LogP contribution < -0.4 is 0 Å². The summed E-state index contributed by atoms with van der Waals surface area (Å²) >= 11 is 0. The van der Waals surface area contributed by atoms with Crippen LogP contribution in [0.15, 0.2) is 0 Å². The lowest BCUT2D eigenvalue weighted by atomic mass is 9.95. The van der Waals surface area contributed by atoms with Crippen molar-refractivity contribution in [2.75, 3.05) is 39.5 Å². The minimum Gasteiger partial charge on any atom is -0.466 e. The number of hydrogen-bond donors (Lipinski definition) is 1. The molecule has 0 aromatic rings. The molecular formula is C47H91NO5. The normalized spacial score (nSPS) is 13.6. The molecule has 0 aromatic carbocycles. The Morgan fingerprint density at radius 2 is 1.00 bits per heavy atom. The molecule has 0 amide bonds. The predicted octanol–water partition coefficient (Wildman–Crippen LogP) is 13.3. The molecule has 6 nitrogen and oxygen atoms in total. The Hall–Kier alpha value is -1.14. The number of ether oxygens (including phenoxy) is 2. The van der Waals surface area contributed by atoms with E-state index in [1.54, 1.807) is 0 Å². The average Bonchev–Trinajstić information content (AvgIpc) is 3.94. The Balaban J connectivity index is 2.20. The first-order valence-electron chi connectivity index (χ1n) is 23.6. The molecule has 0 unspecified atom stereocenters. The molecule has 0 saturated heterocycles. The lowest BCUT2D eigenvalue weighted by molar-refractivity contribution is -0.145. The molecule has 0 spiro atoms. The summed E-state index contributed by atoms with van der Waals surface area (Å²) in [6.07, 6.45) is 40.2. The van der Waals surface area contributed by atoms with Crippen molar-refractivity contribution >= 4 is 11.9 Å². The fourth-order valence-electron chi connectivity index (χ4n) is 7.87. The largest absolute Gasteiger partial charge is 0.466 e. The summed E-state index contributed by atoms with van der Waals surface area (Å²) in [4.78, 5) is 27.3. The number of esters is 2. The summed E-state index contributed by atoms with van der Waals surface area (Å²) in [6.45, 7) is 11.6.